The second-order valence-electron chi connectivity index (χ2n) is 30.7. The number of carbonyl (C=O) groups excluding carboxylic acids is 5. The minimum Gasteiger partial charge on any atom is -0.481 e. The number of thiazole rings is 2. The van der Waals surface area contributed by atoms with Crippen molar-refractivity contribution in [3.8, 4) is 10.4 Å². The molecule has 3 amide bonds. The van der Waals surface area contributed by atoms with Gasteiger partial charge >= 0.3 is 5.97 Å². The van der Waals surface area contributed by atoms with E-state index in [0.717, 1.165) is 124 Å². The smallest absolute Gasteiger partial charge is 0.310 e. The molecule has 101 heavy (non-hydrogen) atoms. The number of Topliss-reactive ketones (excluding diaryl/α,β-unsaturated/α-hetero) is 2. The first-order valence-corrected chi connectivity index (χ1v) is 40.7. The van der Waals surface area contributed by atoms with Gasteiger partial charge in [0.05, 0.1) is 65.9 Å². The Balaban J connectivity index is 0.000000173. The van der Waals surface area contributed by atoms with Crippen LogP contribution in [0.2, 0.25) is 0 Å². The van der Waals surface area contributed by atoms with E-state index in [-0.39, 0.29) is 79.4 Å². The van der Waals surface area contributed by atoms with Crippen molar-refractivity contribution in [2.75, 3.05) is 13.1 Å². The maximum Gasteiger partial charge on any atom is 0.310 e. The number of nitrogens with zero attached hydrogens (tertiary/aromatic N) is 4. The van der Waals surface area contributed by atoms with Gasteiger partial charge in [-0.25, -0.2) is 31.9 Å². The van der Waals surface area contributed by atoms with Crippen LogP contribution in [0.15, 0.2) is 109 Å². The van der Waals surface area contributed by atoms with Crippen LogP contribution in [-0.2, 0) is 61.7 Å². The average Bonchev–Trinajstić information content (AvgIpc) is 1.54. The number of fused-ring (bicyclic) bond motifs is 6. The lowest BCUT2D eigenvalue weighted by Gasteiger charge is -2.29. The van der Waals surface area contributed by atoms with Crippen molar-refractivity contribution in [3.05, 3.63) is 143 Å². The molecule has 540 valence electrons. The summed E-state index contributed by atoms with van der Waals surface area (Å²) in [6.07, 6.45) is 21.1. The number of aromatic nitrogens is 2. The lowest BCUT2D eigenvalue weighted by atomic mass is 9.89. The van der Waals surface area contributed by atoms with Crippen molar-refractivity contribution in [1.82, 2.24) is 24.5 Å². The van der Waals surface area contributed by atoms with E-state index in [2.05, 4.69) is 76.2 Å². The van der Waals surface area contributed by atoms with Crippen LogP contribution in [0.3, 0.4) is 0 Å². The Hall–Kier alpha value is -7.18. The van der Waals surface area contributed by atoms with Crippen molar-refractivity contribution >= 4 is 98.4 Å². The van der Waals surface area contributed by atoms with Gasteiger partial charge in [0.25, 0.3) is 10.4 Å². The Morgan fingerprint density at radius 1 is 0.594 bits per heavy atom. The molecule has 2 saturated heterocycles. The Kier molecular flexibility index (Phi) is 21.8. The summed E-state index contributed by atoms with van der Waals surface area (Å²) in [5.41, 5.74) is 6.22. The summed E-state index contributed by atoms with van der Waals surface area (Å²) in [7, 11) is -7.11. The largest absolute Gasteiger partial charge is 0.481 e. The number of amides is 3. The van der Waals surface area contributed by atoms with Gasteiger partial charge in [0.2, 0.25) is 37.8 Å². The molecule has 6 heterocycles. The molecule has 6 fully saturated rings. The third-order valence-corrected chi connectivity index (χ3v) is 28.2. The van der Waals surface area contributed by atoms with Gasteiger partial charge in [-0.05, 0) is 190 Å². The molecule has 4 N–H and O–H groups in total. The van der Waals surface area contributed by atoms with Crippen LogP contribution in [0, 0.1) is 62.2 Å². The molecule has 0 unspecified atom stereocenters. The molecule has 23 heteroatoms. The Labute approximate surface area is 601 Å². The Bertz CT molecular complexity index is 4440. The number of sulfonamides is 2. The fourth-order valence-electron chi connectivity index (χ4n) is 15.1. The molecule has 4 aliphatic carbocycles. The first-order chi connectivity index (χ1) is 48.0. The molecule has 4 saturated carbocycles. The number of benzene rings is 4. The molecule has 10 atom stereocenters. The van der Waals surface area contributed by atoms with E-state index in [1.54, 1.807) is 23.6 Å². The van der Waals surface area contributed by atoms with E-state index in [1.807, 2.05) is 75.4 Å². The quantitative estimate of drug-likeness (QED) is 0.0906. The van der Waals surface area contributed by atoms with Gasteiger partial charge < -0.3 is 24.4 Å². The topological polar surface area (TPSA) is 280 Å². The number of aryl methyl sites for hydroxylation is 4. The number of nitrogens with one attached hydrogen (secondary N) is 1. The Morgan fingerprint density at radius 2 is 1.03 bits per heavy atom. The maximum absolute atomic E-state index is 14.6. The highest BCUT2D eigenvalue weighted by Crippen LogP contribution is 2.59. The standard InChI is InChI=1S/C39H47N3O6S2.C35H40N2O5S.C4H9NO2S/c1-25-10-9-11-27(18-25)20-28-12-7-5-4-6-8-13-29-22-39(29,36(45)41-50(46,47)38(3)16-17-38)23-33(43)32-21-30(24-42(32)35(28)44)48-37-40-31-15-14-26(2)19-34(31)49-37;1-22-9-8-10-24(15-22)17-25-11-6-4-3-5-7-12-26-19-35(26,33(40)41)20-30(38)29-18-27(21-37(29)32(25)39)42-34-36-28-14-13-23(2)16-31(28)43-34;1-4(2-3-4)8(5,6)7/h8-11,13-15,18-19,28-30,32H,4-7,12,16-17,20-24H2,1-3H3,(H,41,45);7-10,12-16,25-27,29H,3-6,11,17-21H2,1-2H3,(H,40,41);2-3H2,1H3,(H2,5,6,7)/b13-8-;12-7-;/t28-,29-,30-,32+,39-;25-,26-,27-,29+,35-;/m11./s1. The molecule has 4 aromatic carbocycles. The van der Waals surface area contributed by atoms with Crippen LogP contribution >= 0.6 is 22.7 Å². The maximum atomic E-state index is 14.6. The zero-order valence-corrected chi connectivity index (χ0v) is 62.1. The summed E-state index contributed by atoms with van der Waals surface area (Å²) in [6, 6.07) is 27.1. The SMILES string of the molecule is CC1(S(N)(=O)=O)CC1.Cc1cccc(C[C@H]2CCCCC/C=C\[C@@H]3C[C@@]3(C(=O)NS(=O)(=O)C3(C)CC3)CC(=O)[C@@H]3C[C@@H](Oc4nc5ccc(C)cc5s4)CN3C2=O)c1.Cc1cccc(C[C@H]2CCCCC/C=C\[C@@H]3C[C@@]3(C(=O)O)CC(=O)[C@@H]3C[C@@H](Oc4nc5ccc(C)cc5s4)CN3C2=O)c1. The van der Waals surface area contributed by atoms with E-state index < -0.39 is 76.5 Å². The third-order valence-electron chi connectivity index (χ3n) is 22.4. The number of ketones is 2. The van der Waals surface area contributed by atoms with Crippen molar-refractivity contribution in [2.45, 2.75) is 217 Å². The van der Waals surface area contributed by atoms with Crippen LogP contribution in [0.4, 0.5) is 0 Å². The summed E-state index contributed by atoms with van der Waals surface area (Å²) in [6.45, 7) is 12.0. The van der Waals surface area contributed by atoms with Crippen molar-refractivity contribution in [3.63, 3.8) is 0 Å². The molecule has 14 rings (SSSR count). The number of hydrogen-bond acceptors (Lipinski definition) is 16. The van der Waals surface area contributed by atoms with Crippen molar-refractivity contribution in [1.29, 1.82) is 0 Å². The van der Waals surface area contributed by atoms with E-state index in [0.29, 0.717) is 61.8 Å². The molecule has 8 aliphatic rings. The van der Waals surface area contributed by atoms with E-state index in [1.165, 1.54) is 22.7 Å². The Morgan fingerprint density at radius 3 is 1.46 bits per heavy atom. The number of aliphatic carboxylic acids is 1. The summed E-state index contributed by atoms with van der Waals surface area (Å²) in [5.74, 6) is -3.00. The molecule has 4 aliphatic heterocycles. The number of carboxylic acids is 1. The lowest BCUT2D eigenvalue weighted by molar-refractivity contribution is -0.147. The van der Waals surface area contributed by atoms with Crippen LogP contribution in [0.5, 0.6) is 10.4 Å². The summed E-state index contributed by atoms with van der Waals surface area (Å²) >= 11 is 2.91. The monoisotopic (exact) mass is 1450 g/mol. The summed E-state index contributed by atoms with van der Waals surface area (Å²) in [5, 5.41) is 16.0. The van der Waals surface area contributed by atoms with Crippen molar-refractivity contribution < 1.29 is 60.2 Å². The van der Waals surface area contributed by atoms with Gasteiger partial charge in [-0.1, -0.05) is 144 Å². The zero-order valence-electron chi connectivity index (χ0n) is 58.8. The average molecular weight is 1450 g/mol. The fourth-order valence-corrected chi connectivity index (χ4v) is 19.1. The number of nitrogens with two attached hydrogens (primary N) is 1. The van der Waals surface area contributed by atoms with Gasteiger partial charge in [0, 0.05) is 37.5 Å². The zero-order chi connectivity index (χ0) is 71.8. The fraction of sp³-hybridized carbons (Fsp3) is 0.538. The van der Waals surface area contributed by atoms with E-state index in [4.69, 9.17) is 14.6 Å². The normalized spacial score (nSPS) is 28.7. The molecule has 0 bridgehead atoms. The third kappa shape index (κ3) is 17.1. The predicted molar refractivity (Wildman–Crippen MR) is 392 cm³/mol. The molecule has 6 aromatic rings. The van der Waals surface area contributed by atoms with Gasteiger partial charge in [-0.2, -0.15) is 0 Å². The molecule has 19 nitrogen and oxygen atoms in total. The van der Waals surface area contributed by atoms with Gasteiger partial charge in [0.15, 0.2) is 11.6 Å². The van der Waals surface area contributed by atoms with Gasteiger partial charge in [-0.15, -0.1) is 0 Å². The summed E-state index contributed by atoms with van der Waals surface area (Å²) < 4.78 is 62.9. The highest BCUT2D eigenvalue weighted by atomic mass is 32.2. The number of allylic oxidation sites excluding steroid dienone is 4. The van der Waals surface area contributed by atoms with Crippen LogP contribution in [-0.4, -0.2) is 124 Å². The first-order valence-electron chi connectivity index (χ1n) is 36.0. The van der Waals surface area contributed by atoms with Gasteiger partial charge in [-0.3, -0.25) is 33.5 Å². The van der Waals surface area contributed by atoms with E-state index in [9.17, 15) is 50.7 Å². The highest BCUT2D eigenvalue weighted by molar-refractivity contribution is 7.91. The van der Waals surface area contributed by atoms with Crippen LogP contribution in [0.1, 0.15) is 176 Å². The molecular formula is C78H96N6O13S4. The minimum absolute atomic E-state index is 0.0319. The number of primary sulfonamides is 1. The van der Waals surface area contributed by atoms with Crippen LogP contribution in [0.25, 0.3) is 20.4 Å². The number of hydrogen-bond donors (Lipinski definition) is 3. The predicted octanol–water partition coefficient (Wildman–Crippen LogP) is 13.1. The lowest BCUT2D eigenvalue weighted by Crippen LogP contribution is -2.47. The van der Waals surface area contributed by atoms with Gasteiger partial charge in [0.1, 0.15) is 12.2 Å². The highest BCUT2D eigenvalue weighted by Gasteiger charge is 2.64. The number of rotatable bonds is 13. The number of ether oxygens (including phenoxy) is 2. The molecule has 0 radical (unpaired) electrons. The summed E-state index contributed by atoms with van der Waals surface area (Å²) in [4.78, 5) is 96.4. The molecule has 2 aromatic heterocycles. The van der Waals surface area contributed by atoms with E-state index >= 15 is 0 Å². The first kappa shape index (κ1) is 73.6. The minimum atomic E-state index is -3.88. The van der Waals surface area contributed by atoms with Crippen molar-refractivity contribution in [2.24, 2.45) is 39.6 Å². The molecule has 0 spiro atoms. The van der Waals surface area contributed by atoms with Crippen LogP contribution < -0.4 is 19.3 Å². The second kappa shape index (κ2) is 29.9. The molecular weight excluding hydrogens is 1360 g/mol. The number of carbonyl (C=O) groups is 6. The second-order valence-corrected chi connectivity index (χ2v) is 36.9. The number of carboxylic acid groups (broad SMARTS) is 1.